The van der Waals surface area contributed by atoms with Gasteiger partial charge in [0.05, 0.1) is 7.11 Å². The Kier molecular flexibility index (Phi) is 4.14. The Morgan fingerprint density at radius 3 is 2.61 bits per heavy atom. The maximum Gasteiger partial charge on any atom is 0.409 e. The van der Waals surface area contributed by atoms with Gasteiger partial charge in [-0.25, -0.2) is 4.79 Å². The van der Waals surface area contributed by atoms with Crippen LogP contribution in [0.15, 0.2) is 4.42 Å². The Balaban J connectivity index is 1.72. The summed E-state index contributed by atoms with van der Waals surface area (Å²) in [6.45, 7) is 5.76. The van der Waals surface area contributed by atoms with Crippen molar-refractivity contribution in [3.8, 4) is 0 Å². The summed E-state index contributed by atoms with van der Waals surface area (Å²) in [7, 11) is 1.41. The Morgan fingerprint density at radius 1 is 1.33 bits per heavy atom. The minimum Gasteiger partial charge on any atom is -0.453 e. The van der Waals surface area contributed by atoms with Crippen molar-refractivity contribution in [2.45, 2.75) is 13.3 Å². The van der Waals surface area contributed by atoms with Crippen molar-refractivity contribution in [1.29, 1.82) is 0 Å². The third kappa shape index (κ3) is 3.19. The van der Waals surface area contributed by atoms with Crippen molar-refractivity contribution >= 4 is 6.09 Å². The first kappa shape index (κ1) is 12.8. The topological polar surface area (TPSA) is 71.7 Å². The van der Waals surface area contributed by atoms with Gasteiger partial charge in [0.1, 0.15) is 0 Å². The number of piperazine rings is 1. The van der Waals surface area contributed by atoms with Crippen LogP contribution in [-0.4, -0.2) is 65.9 Å². The predicted molar refractivity (Wildman–Crippen MR) is 63.2 cm³/mol. The lowest BCUT2D eigenvalue weighted by molar-refractivity contribution is 0.0908. The first-order chi connectivity index (χ1) is 8.69. The Labute approximate surface area is 106 Å². The fourth-order valence-electron chi connectivity index (χ4n) is 1.98. The SMILES string of the molecule is COC(=O)N1CCN(CCc2nnc(C)o2)CC1. The molecule has 0 radical (unpaired) electrons. The van der Waals surface area contributed by atoms with E-state index in [1.807, 2.05) is 0 Å². The van der Waals surface area contributed by atoms with Crippen LogP contribution in [0.1, 0.15) is 11.8 Å². The molecule has 0 N–H and O–H groups in total. The molecule has 0 unspecified atom stereocenters. The maximum atomic E-state index is 11.3. The molecule has 1 saturated heterocycles. The fraction of sp³-hybridized carbons (Fsp3) is 0.727. The molecule has 0 spiro atoms. The minimum absolute atomic E-state index is 0.248. The Hall–Kier alpha value is -1.63. The van der Waals surface area contributed by atoms with E-state index in [0.717, 1.165) is 26.1 Å². The van der Waals surface area contributed by atoms with E-state index in [-0.39, 0.29) is 6.09 Å². The zero-order chi connectivity index (χ0) is 13.0. The molecule has 1 aromatic heterocycles. The molecule has 0 aliphatic carbocycles. The highest BCUT2D eigenvalue weighted by Crippen LogP contribution is 2.05. The fourth-order valence-corrected chi connectivity index (χ4v) is 1.98. The molecule has 0 saturated carbocycles. The number of nitrogens with zero attached hydrogens (tertiary/aromatic N) is 4. The van der Waals surface area contributed by atoms with Gasteiger partial charge in [0.15, 0.2) is 0 Å². The van der Waals surface area contributed by atoms with Crippen LogP contribution in [0.4, 0.5) is 4.79 Å². The van der Waals surface area contributed by atoms with Gasteiger partial charge in [-0.15, -0.1) is 10.2 Å². The standard InChI is InChI=1S/C11H18N4O3/c1-9-12-13-10(18-9)3-4-14-5-7-15(8-6-14)11(16)17-2/h3-8H2,1-2H3. The molecule has 0 aromatic carbocycles. The molecule has 1 aliphatic rings. The number of aryl methyl sites for hydroxylation is 1. The van der Waals surface area contributed by atoms with Gasteiger partial charge in [0, 0.05) is 46.1 Å². The van der Waals surface area contributed by atoms with Crippen molar-refractivity contribution < 1.29 is 13.9 Å². The second-order valence-corrected chi connectivity index (χ2v) is 4.26. The van der Waals surface area contributed by atoms with Crippen molar-refractivity contribution in [3.05, 3.63) is 11.8 Å². The van der Waals surface area contributed by atoms with Gasteiger partial charge in [-0.05, 0) is 0 Å². The van der Waals surface area contributed by atoms with Crippen LogP contribution >= 0.6 is 0 Å². The number of hydrogen-bond acceptors (Lipinski definition) is 6. The van der Waals surface area contributed by atoms with E-state index in [9.17, 15) is 4.79 Å². The number of methoxy groups -OCH3 is 1. The molecule has 7 heteroatoms. The number of aromatic nitrogens is 2. The van der Waals surface area contributed by atoms with E-state index < -0.39 is 0 Å². The van der Waals surface area contributed by atoms with Gasteiger partial charge >= 0.3 is 6.09 Å². The number of rotatable bonds is 3. The molecule has 0 bridgehead atoms. The highest BCUT2D eigenvalue weighted by atomic mass is 16.5. The lowest BCUT2D eigenvalue weighted by atomic mass is 10.3. The van der Waals surface area contributed by atoms with Gasteiger partial charge in [-0.1, -0.05) is 0 Å². The van der Waals surface area contributed by atoms with Crippen LogP contribution in [0.2, 0.25) is 0 Å². The maximum absolute atomic E-state index is 11.3. The third-order valence-corrected chi connectivity index (χ3v) is 3.01. The summed E-state index contributed by atoms with van der Waals surface area (Å²) in [5.41, 5.74) is 0. The van der Waals surface area contributed by atoms with Crippen molar-refractivity contribution in [1.82, 2.24) is 20.0 Å². The van der Waals surface area contributed by atoms with Crippen molar-refractivity contribution in [2.75, 3.05) is 39.8 Å². The Bertz CT molecular complexity index is 399. The van der Waals surface area contributed by atoms with Gasteiger partial charge in [-0.3, -0.25) is 4.90 Å². The zero-order valence-corrected chi connectivity index (χ0v) is 10.8. The first-order valence-corrected chi connectivity index (χ1v) is 6.03. The molecule has 1 amide bonds. The van der Waals surface area contributed by atoms with Gasteiger partial charge < -0.3 is 14.1 Å². The molecule has 100 valence electrons. The smallest absolute Gasteiger partial charge is 0.409 e. The van der Waals surface area contributed by atoms with E-state index in [2.05, 4.69) is 15.1 Å². The van der Waals surface area contributed by atoms with Gasteiger partial charge in [0.2, 0.25) is 11.8 Å². The summed E-state index contributed by atoms with van der Waals surface area (Å²) in [5.74, 6) is 1.27. The van der Waals surface area contributed by atoms with E-state index in [1.165, 1.54) is 7.11 Å². The number of amides is 1. The van der Waals surface area contributed by atoms with E-state index in [0.29, 0.717) is 24.9 Å². The molecule has 7 nitrogen and oxygen atoms in total. The molecular weight excluding hydrogens is 236 g/mol. The van der Waals surface area contributed by atoms with Gasteiger partial charge in [-0.2, -0.15) is 0 Å². The van der Waals surface area contributed by atoms with Gasteiger partial charge in [0.25, 0.3) is 0 Å². The van der Waals surface area contributed by atoms with Crippen LogP contribution in [0.5, 0.6) is 0 Å². The highest BCUT2D eigenvalue weighted by molar-refractivity contribution is 5.67. The quantitative estimate of drug-likeness (QED) is 0.772. The van der Waals surface area contributed by atoms with E-state index >= 15 is 0 Å². The van der Waals surface area contributed by atoms with Crippen molar-refractivity contribution in [2.24, 2.45) is 0 Å². The largest absolute Gasteiger partial charge is 0.453 e. The second kappa shape index (κ2) is 5.81. The first-order valence-electron chi connectivity index (χ1n) is 6.03. The third-order valence-electron chi connectivity index (χ3n) is 3.01. The summed E-state index contributed by atoms with van der Waals surface area (Å²) < 4.78 is 10.0. The molecule has 1 aliphatic heterocycles. The molecule has 2 rings (SSSR count). The Morgan fingerprint density at radius 2 is 2.06 bits per heavy atom. The normalized spacial score (nSPS) is 16.9. The number of hydrogen-bond donors (Lipinski definition) is 0. The highest BCUT2D eigenvalue weighted by Gasteiger charge is 2.21. The lowest BCUT2D eigenvalue weighted by Crippen LogP contribution is -2.49. The minimum atomic E-state index is -0.248. The number of carbonyl (C=O) groups excluding carboxylic acids is 1. The van der Waals surface area contributed by atoms with Crippen LogP contribution in [-0.2, 0) is 11.2 Å². The summed E-state index contributed by atoms with van der Waals surface area (Å²) in [6, 6.07) is 0. The predicted octanol–water partition coefficient (Wildman–Crippen LogP) is 0.305. The zero-order valence-electron chi connectivity index (χ0n) is 10.8. The molecule has 1 fully saturated rings. The van der Waals surface area contributed by atoms with Crippen LogP contribution in [0.25, 0.3) is 0 Å². The summed E-state index contributed by atoms with van der Waals surface area (Å²) >= 11 is 0. The molecule has 1 aromatic rings. The molecular formula is C11H18N4O3. The number of ether oxygens (including phenoxy) is 1. The van der Waals surface area contributed by atoms with E-state index in [1.54, 1.807) is 11.8 Å². The molecule has 0 atom stereocenters. The van der Waals surface area contributed by atoms with Crippen LogP contribution < -0.4 is 0 Å². The van der Waals surface area contributed by atoms with Crippen LogP contribution in [0.3, 0.4) is 0 Å². The average molecular weight is 254 g/mol. The average Bonchev–Trinajstić information content (AvgIpc) is 2.82. The molecule has 2 heterocycles. The lowest BCUT2D eigenvalue weighted by Gasteiger charge is -2.33. The summed E-state index contributed by atoms with van der Waals surface area (Å²) in [4.78, 5) is 15.3. The number of carbonyl (C=O) groups is 1. The van der Waals surface area contributed by atoms with Crippen LogP contribution in [0, 0.1) is 6.92 Å². The second-order valence-electron chi connectivity index (χ2n) is 4.26. The monoisotopic (exact) mass is 254 g/mol. The summed E-state index contributed by atoms with van der Waals surface area (Å²) in [6.07, 6.45) is 0.501. The van der Waals surface area contributed by atoms with E-state index in [4.69, 9.17) is 9.15 Å². The molecule has 18 heavy (non-hydrogen) atoms. The van der Waals surface area contributed by atoms with Crippen molar-refractivity contribution in [3.63, 3.8) is 0 Å². The summed E-state index contributed by atoms with van der Waals surface area (Å²) in [5, 5.41) is 7.75.